The van der Waals surface area contributed by atoms with Gasteiger partial charge in [-0.25, -0.2) is 4.79 Å². The SMILES string of the molecule is C=C(C)[C@@H]1CC[C@]2(C(=O)NCCCCCCC(=O)N[C@@H](CO)C(=O)O)CC[C@]3(C)[C@H](CCC4[C@@]5(C)CC[C@H](O)C(C)(C)[C@@H]5CC[C@]43C)[C@@H]12. The van der Waals surface area contributed by atoms with Crippen LogP contribution in [0.25, 0.3) is 0 Å². The van der Waals surface area contributed by atoms with E-state index in [4.69, 9.17) is 10.2 Å². The summed E-state index contributed by atoms with van der Waals surface area (Å²) in [4.78, 5) is 37.4. The fraction of sp³-hybridized carbons (Fsp3) is 0.875. The van der Waals surface area contributed by atoms with Crippen molar-refractivity contribution in [2.45, 2.75) is 150 Å². The van der Waals surface area contributed by atoms with Crippen LogP contribution in [0.15, 0.2) is 12.2 Å². The molecule has 0 radical (unpaired) electrons. The normalized spacial score (nSPS) is 41.9. The van der Waals surface area contributed by atoms with Gasteiger partial charge in [0.15, 0.2) is 0 Å². The van der Waals surface area contributed by atoms with Crippen molar-refractivity contribution in [1.29, 1.82) is 0 Å². The lowest BCUT2D eigenvalue weighted by Gasteiger charge is -2.72. The first-order valence-corrected chi connectivity index (χ1v) is 19.2. The van der Waals surface area contributed by atoms with E-state index in [1.165, 1.54) is 31.3 Å². The molecule has 272 valence electrons. The zero-order valence-electron chi connectivity index (χ0n) is 30.8. The summed E-state index contributed by atoms with van der Waals surface area (Å²) in [6.45, 7) is 19.1. The minimum absolute atomic E-state index is 0.0527. The molecule has 48 heavy (non-hydrogen) atoms. The Balaban J connectivity index is 1.24. The molecule has 0 heterocycles. The number of unbranched alkanes of at least 4 members (excludes halogenated alkanes) is 3. The smallest absolute Gasteiger partial charge is 0.328 e. The fourth-order valence-corrected chi connectivity index (χ4v) is 13.1. The average Bonchev–Trinajstić information content (AvgIpc) is 3.43. The maximum absolute atomic E-state index is 14.3. The number of nitrogens with one attached hydrogen (secondary N) is 2. The summed E-state index contributed by atoms with van der Waals surface area (Å²) in [5, 5.41) is 34.9. The summed E-state index contributed by atoms with van der Waals surface area (Å²) in [5.41, 5.74) is 1.48. The van der Waals surface area contributed by atoms with Crippen LogP contribution >= 0.6 is 0 Å². The van der Waals surface area contributed by atoms with Gasteiger partial charge >= 0.3 is 5.97 Å². The number of carbonyl (C=O) groups is 3. The van der Waals surface area contributed by atoms with Gasteiger partial charge in [0, 0.05) is 13.0 Å². The van der Waals surface area contributed by atoms with Crippen LogP contribution in [0.5, 0.6) is 0 Å². The van der Waals surface area contributed by atoms with E-state index in [9.17, 15) is 19.5 Å². The van der Waals surface area contributed by atoms with Crippen molar-refractivity contribution < 1.29 is 29.7 Å². The Morgan fingerprint density at radius 2 is 1.54 bits per heavy atom. The lowest BCUT2D eigenvalue weighted by Crippen LogP contribution is -2.67. The number of aliphatic hydroxyl groups excluding tert-OH is 2. The van der Waals surface area contributed by atoms with Crippen molar-refractivity contribution in [3.63, 3.8) is 0 Å². The summed E-state index contributed by atoms with van der Waals surface area (Å²) >= 11 is 0. The standard InChI is InChI=1S/C40H66N2O6/c1-25(2)26-15-20-40(35(48)41-23-11-9-8-10-12-32(45)42-28(24-43)34(46)47)22-21-38(6)27(33(26)40)13-14-30-37(5)18-17-31(44)36(3,4)29(37)16-19-39(30,38)7/h26-31,33,43-44H,1,8-24H2,2-7H3,(H,41,48)(H,42,45)(H,46,47)/t26-,27+,28-,29-,30?,31-,33+,37-,38+,39+,40-/m0/s1. The second kappa shape index (κ2) is 13.7. The van der Waals surface area contributed by atoms with Crippen LogP contribution in [-0.4, -0.2) is 58.4 Å². The first kappa shape index (κ1) is 37.3. The molecule has 5 fully saturated rings. The third kappa shape index (κ3) is 5.96. The van der Waals surface area contributed by atoms with Gasteiger partial charge in [-0.3, -0.25) is 9.59 Å². The quantitative estimate of drug-likeness (QED) is 0.117. The molecule has 0 aliphatic heterocycles. The third-order valence-electron chi connectivity index (χ3n) is 15.9. The van der Waals surface area contributed by atoms with Crippen molar-refractivity contribution in [2.75, 3.05) is 13.2 Å². The molecular weight excluding hydrogens is 604 g/mol. The summed E-state index contributed by atoms with van der Waals surface area (Å²) in [6.07, 6.45) is 14.1. The number of amides is 2. The maximum Gasteiger partial charge on any atom is 0.328 e. The molecule has 5 rings (SSSR count). The molecule has 5 saturated carbocycles. The highest BCUT2D eigenvalue weighted by atomic mass is 16.4. The Morgan fingerprint density at radius 3 is 2.21 bits per heavy atom. The Labute approximate surface area is 289 Å². The number of fused-ring (bicyclic) bond motifs is 7. The van der Waals surface area contributed by atoms with E-state index in [0.29, 0.717) is 42.6 Å². The average molecular weight is 671 g/mol. The summed E-state index contributed by atoms with van der Waals surface area (Å²) < 4.78 is 0. The van der Waals surface area contributed by atoms with Gasteiger partial charge in [0.05, 0.1) is 18.1 Å². The Bertz CT molecular complexity index is 1250. The van der Waals surface area contributed by atoms with E-state index in [1.807, 2.05) is 0 Å². The Morgan fingerprint density at radius 1 is 0.833 bits per heavy atom. The molecule has 0 spiro atoms. The highest BCUT2D eigenvalue weighted by Crippen LogP contribution is 2.77. The predicted molar refractivity (Wildman–Crippen MR) is 188 cm³/mol. The second-order valence-electron chi connectivity index (χ2n) is 18.3. The number of carboxylic acid groups (broad SMARTS) is 1. The lowest BCUT2D eigenvalue weighted by atomic mass is 9.32. The van der Waals surface area contributed by atoms with Crippen molar-refractivity contribution in [1.82, 2.24) is 10.6 Å². The van der Waals surface area contributed by atoms with Gasteiger partial charge in [0.1, 0.15) is 6.04 Å². The number of allylic oxidation sites excluding steroid dienone is 1. The molecule has 8 heteroatoms. The monoisotopic (exact) mass is 670 g/mol. The van der Waals surface area contributed by atoms with Gasteiger partial charge in [-0.05, 0) is 135 Å². The molecule has 2 amide bonds. The molecule has 0 aromatic heterocycles. The van der Waals surface area contributed by atoms with Crippen molar-refractivity contribution in [3.8, 4) is 0 Å². The van der Waals surface area contributed by atoms with Crippen molar-refractivity contribution in [3.05, 3.63) is 12.2 Å². The van der Waals surface area contributed by atoms with Crippen LogP contribution in [-0.2, 0) is 14.4 Å². The van der Waals surface area contributed by atoms with Crippen LogP contribution in [0.3, 0.4) is 0 Å². The molecule has 5 aliphatic rings. The van der Waals surface area contributed by atoms with Crippen molar-refractivity contribution in [2.24, 2.45) is 56.7 Å². The van der Waals surface area contributed by atoms with Crippen LogP contribution in [0.4, 0.5) is 0 Å². The number of rotatable bonds is 12. The topological polar surface area (TPSA) is 136 Å². The zero-order valence-corrected chi connectivity index (χ0v) is 30.8. The predicted octanol–water partition coefficient (Wildman–Crippen LogP) is 6.63. The number of carboxylic acids is 1. The molecule has 11 atom stereocenters. The highest BCUT2D eigenvalue weighted by molar-refractivity contribution is 5.84. The van der Waals surface area contributed by atoms with Crippen LogP contribution < -0.4 is 10.6 Å². The fourth-order valence-electron chi connectivity index (χ4n) is 13.1. The molecular formula is C40H66N2O6. The molecule has 5 N–H and O–H groups in total. The molecule has 1 unspecified atom stereocenters. The first-order valence-electron chi connectivity index (χ1n) is 19.2. The van der Waals surface area contributed by atoms with Crippen LogP contribution in [0.2, 0.25) is 0 Å². The van der Waals surface area contributed by atoms with Crippen LogP contribution in [0, 0.1) is 56.7 Å². The molecule has 0 bridgehead atoms. The van der Waals surface area contributed by atoms with Crippen LogP contribution in [0.1, 0.15) is 138 Å². The number of carbonyl (C=O) groups excluding carboxylic acids is 2. The number of hydrogen-bond acceptors (Lipinski definition) is 5. The van der Waals surface area contributed by atoms with Gasteiger partial charge in [0.25, 0.3) is 0 Å². The van der Waals surface area contributed by atoms with Gasteiger partial charge in [-0.1, -0.05) is 59.6 Å². The summed E-state index contributed by atoms with van der Waals surface area (Å²) in [5.74, 6) is 1.04. The maximum atomic E-state index is 14.3. The first-order chi connectivity index (χ1) is 22.5. The Hall–Kier alpha value is -1.93. The van der Waals surface area contributed by atoms with E-state index in [2.05, 4.69) is 58.8 Å². The second-order valence-corrected chi connectivity index (χ2v) is 18.3. The highest BCUT2D eigenvalue weighted by Gasteiger charge is 2.71. The van der Waals surface area contributed by atoms with Crippen molar-refractivity contribution >= 4 is 17.8 Å². The number of hydrogen-bond donors (Lipinski definition) is 5. The largest absolute Gasteiger partial charge is 0.480 e. The summed E-state index contributed by atoms with van der Waals surface area (Å²) in [7, 11) is 0. The van der Waals surface area contributed by atoms with E-state index in [1.54, 1.807) is 0 Å². The summed E-state index contributed by atoms with van der Waals surface area (Å²) in [6, 6.07) is -1.26. The van der Waals surface area contributed by atoms with E-state index in [0.717, 1.165) is 57.8 Å². The number of aliphatic hydroxyl groups is 2. The minimum atomic E-state index is -1.26. The third-order valence-corrected chi connectivity index (χ3v) is 15.9. The zero-order chi connectivity index (χ0) is 35.3. The van der Waals surface area contributed by atoms with Gasteiger partial charge < -0.3 is 26.0 Å². The minimum Gasteiger partial charge on any atom is -0.480 e. The van der Waals surface area contributed by atoms with E-state index < -0.39 is 18.6 Å². The van der Waals surface area contributed by atoms with E-state index in [-0.39, 0.29) is 51.4 Å². The molecule has 5 aliphatic carbocycles. The molecule has 0 aromatic rings. The molecule has 8 nitrogen and oxygen atoms in total. The van der Waals surface area contributed by atoms with Gasteiger partial charge in [0.2, 0.25) is 11.8 Å². The lowest BCUT2D eigenvalue weighted by molar-refractivity contribution is -0.246. The van der Waals surface area contributed by atoms with Gasteiger partial charge in [-0.2, -0.15) is 0 Å². The van der Waals surface area contributed by atoms with E-state index >= 15 is 0 Å². The molecule has 0 aromatic carbocycles. The molecule has 0 saturated heterocycles. The Kier molecular flexibility index (Phi) is 10.6. The number of aliphatic carboxylic acids is 1. The van der Waals surface area contributed by atoms with Gasteiger partial charge in [-0.15, -0.1) is 0 Å².